The zero-order valence-electron chi connectivity index (χ0n) is 18.4. The van der Waals surface area contributed by atoms with Crippen molar-refractivity contribution in [1.29, 1.82) is 0 Å². The molecule has 0 aromatic rings. The van der Waals surface area contributed by atoms with Crippen molar-refractivity contribution in [2.75, 3.05) is 13.2 Å². The Labute approximate surface area is 207 Å². The van der Waals surface area contributed by atoms with Gasteiger partial charge in [0.1, 0.15) is 0 Å². The number of ether oxygens (including phenoxy) is 1. The average Bonchev–Trinajstić information content (AvgIpc) is 2.30. The van der Waals surface area contributed by atoms with Crippen molar-refractivity contribution >= 4 is 40.5 Å². The van der Waals surface area contributed by atoms with Crippen LogP contribution in [0.5, 0.6) is 0 Å². The fraction of sp³-hybridized carbons (Fsp3) is 0.867. The molecule has 150 valence electrons. The van der Waals surface area contributed by atoms with Gasteiger partial charge in [-0.05, 0) is 57.8 Å². The molecule has 1 aliphatic rings. The molecular weight excluding hydrogens is 428 g/mol. The summed E-state index contributed by atoms with van der Waals surface area (Å²) >= 11 is 0. The van der Waals surface area contributed by atoms with Crippen LogP contribution in [0, 0.1) is 12.8 Å². The fourth-order valence-electron chi connectivity index (χ4n) is 3.37. The summed E-state index contributed by atoms with van der Waals surface area (Å²) < 4.78 is 31.2. The topological polar surface area (TPSA) is 63.2 Å². The van der Waals surface area contributed by atoms with Crippen LogP contribution in [0.4, 0.5) is 0 Å². The molecular formula is C15H36KO6Si4-. The van der Waals surface area contributed by atoms with Gasteiger partial charge in [0.05, 0.1) is 0 Å². The first-order valence-electron chi connectivity index (χ1n) is 8.66. The van der Waals surface area contributed by atoms with Crippen LogP contribution >= 0.6 is 0 Å². The summed E-state index contributed by atoms with van der Waals surface area (Å²) in [6.07, 6.45) is 1.50. The molecule has 6 nitrogen and oxygen atoms in total. The molecule has 0 aliphatic carbocycles. The molecule has 1 aliphatic heterocycles. The SMILES string of the molecule is C[C-]=O.[CH2-]COCC(C)C[Si]1(C)O[Si](C)(C)O[Si](C)(C)O[Si](C)(C)O1.[K+]. The molecule has 11 heteroatoms. The molecule has 1 rings (SSSR count). The summed E-state index contributed by atoms with van der Waals surface area (Å²) in [7, 11) is -9.10. The van der Waals surface area contributed by atoms with Gasteiger partial charge in [-0.25, -0.2) is 0 Å². The molecule has 0 aromatic heterocycles. The van der Waals surface area contributed by atoms with Crippen LogP contribution in [0.25, 0.3) is 0 Å². The van der Waals surface area contributed by atoms with E-state index in [1.165, 1.54) is 13.2 Å². The maximum atomic E-state index is 8.68. The molecule has 0 bridgehead atoms. The largest absolute Gasteiger partial charge is 1.00 e. The van der Waals surface area contributed by atoms with E-state index in [-0.39, 0.29) is 51.4 Å². The number of hydrogen-bond donors (Lipinski definition) is 0. The van der Waals surface area contributed by atoms with E-state index in [4.69, 9.17) is 26.0 Å². The van der Waals surface area contributed by atoms with Gasteiger partial charge in [-0.2, -0.15) is 6.92 Å². The van der Waals surface area contributed by atoms with Gasteiger partial charge in [-0.1, -0.05) is 13.5 Å². The Morgan fingerprint density at radius 3 is 1.62 bits per heavy atom. The van der Waals surface area contributed by atoms with Gasteiger partial charge < -0.3 is 32.9 Å². The second-order valence-corrected chi connectivity index (χ2v) is 22.2. The summed E-state index contributed by atoms with van der Waals surface area (Å²) in [4.78, 5) is 8.68. The predicted octanol–water partition coefficient (Wildman–Crippen LogP) is 0.851. The Balaban J connectivity index is 0. The zero-order valence-corrected chi connectivity index (χ0v) is 25.5. The van der Waals surface area contributed by atoms with Crippen molar-refractivity contribution < 1.29 is 77.4 Å². The van der Waals surface area contributed by atoms with Gasteiger partial charge in [0.2, 0.25) is 0 Å². The second-order valence-electron chi connectivity index (χ2n) is 7.83. The van der Waals surface area contributed by atoms with E-state index in [9.17, 15) is 0 Å². The van der Waals surface area contributed by atoms with Gasteiger partial charge >= 0.3 is 85.6 Å². The van der Waals surface area contributed by atoms with Crippen molar-refractivity contribution in [2.24, 2.45) is 5.92 Å². The van der Waals surface area contributed by atoms with E-state index in [2.05, 4.69) is 59.7 Å². The summed E-state index contributed by atoms with van der Waals surface area (Å²) in [5, 5.41) is 0. The number of rotatable bonds is 5. The molecule has 0 spiro atoms. The van der Waals surface area contributed by atoms with Crippen molar-refractivity contribution in [2.45, 2.75) is 65.7 Å². The first-order valence-corrected chi connectivity index (χ1v) is 19.6. The maximum absolute atomic E-state index is 8.68. The average molecular weight is 464 g/mol. The summed E-state index contributed by atoms with van der Waals surface area (Å²) in [5.41, 5.74) is 0. The van der Waals surface area contributed by atoms with E-state index in [1.54, 1.807) is 0 Å². The van der Waals surface area contributed by atoms with Crippen LogP contribution < -0.4 is 51.4 Å². The molecule has 1 heterocycles. The third-order valence-corrected chi connectivity index (χ3v) is 19.9. The van der Waals surface area contributed by atoms with Crippen molar-refractivity contribution in [3.05, 3.63) is 6.92 Å². The van der Waals surface area contributed by atoms with Crippen LogP contribution in [-0.2, 0) is 26.0 Å². The van der Waals surface area contributed by atoms with Gasteiger partial charge in [-0.15, -0.1) is 0 Å². The third-order valence-electron chi connectivity index (χ3n) is 3.17. The molecule has 1 atom stereocenters. The molecule has 0 saturated carbocycles. The minimum Gasteiger partial charge on any atom is -0.542 e. The normalized spacial score (nSPS) is 23.9. The van der Waals surface area contributed by atoms with Crippen LogP contribution in [0.3, 0.4) is 0 Å². The van der Waals surface area contributed by atoms with Crippen molar-refractivity contribution in [1.82, 2.24) is 0 Å². The smallest absolute Gasteiger partial charge is 0.542 e. The summed E-state index contributed by atoms with van der Waals surface area (Å²) in [6, 6.07) is 0.883. The van der Waals surface area contributed by atoms with Gasteiger partial charge in [0, 0.05) is 6.61 Å². The maximum Gasteiger partial charge on any atom is 1.00 e. The standard InChI is InChI=1S/C13H33O5Si4.C2H3O.K/c1-10-14-11-13(2)12-22(9)17-20(5,6)15-19(3,4)16-21(7,8)18-22;1-2-3;/h13H,1,10-12H2,2-9H3;1H3;/q2*-1;+1. The number of hydrogen-bond acceptors (Lipinski definition) is 6. The predicted molar refractivity (Wildman–Crippen MR) is 110 cm³/mol. The molecule has 0 aromatic carbocycles. The minimum absolute atomic E-state index is 0. The quantitative estimate of drug-likeness (QED) is 0.445. The molecule has 1 unspecified atom stereocenters. The Bertz CT molecular complexity index is 401. The number of carbonyl (C=O) groups excluding carboxylic acids is 1. The Hall–Kier alpha value is 1.97. The zero-order chi connectivity index (χ0) is 19.9. The van der Waals surface area contributed by atoms with Crippen molar-refractivity contribution in [3.63, 3.8) is 0 Å². The summed E-state index contributed by atoms with van der Waals surface area (Å²) in [6.45, 7) is 23.1. The summed E-state index contributed by atoms with van der Waals surface area (Å²) in [5.74, 6) is 0.373. The monoisotopic (exact) mass is 463 g/mol. The molecule has 1 saturated heterocycles. The van der Waals surface area contributed by atoms with E-state index in [0.717, 1.165) is 6.04 Å². The minimum atomic E-state index is -2.37. The van der Waals surface area contributed by atoms with Crippen molar-refractivity contribution in [3.8, 4) is 0 Å². The molecule has 0 N–H and O–H groups in total. The Kier molecular flexibility index (Phi) is 14.6. The molecule has 0 radical (unpaired) electrons. The molecule has 1 fully saturated rings. The van der Waals surface area contributed by atoms with E-state index in [1.807, 2.05) is 0 Å². The van der Waals surface area contributed by atoms with Gasteiger partial charge in [0.15, 0.2) is 0 Å². The first kappa shape index (κ1) is 30.2. The third kappa shape index (κ3) is 13.2. The van der Waals surface area contributed by atoms with Crippen LogP contribution in [0.15, 0.2) is 0 Å². The van der Waals surface area contributed by atoms with E-state index in [0.29, 0.717) is 19.1 Å². The fourth-order valence-corrected chi connectivity index (χ4v) is 25.4. The van der Waals surface area contributed by atoms with Crippen LogP contribution in [0.1, 0.15) is 13.8 Å². The van der Waals surface area contributed by atoms with Gasteiger partial charge in [0.25, 0.3) is 0 Å². The Morgan fingerprint density at radius 2 is 1.27 bits per heavy atom. The van der Waals surface area contributed by atoms with Crippen LogP contribution in [-0.4, -0.2) is 53.7 Å². The second kappa shape index (κ2) is 12.6. The van der Waals surface area contributed by atoms with E-state index < -0.39 is 34.2 Å². The molecule has 26 heavy (non-hydrogen) atoms. The van der Waals surface area contributed by atoms with Gasteiger partial charge in [-0.3, -0.25) is 6.29 Å². The Morgan fingerprint density at radius 1 is 0.923 bits per heavy atom. The van der Waals surface area contributed by atoms with Crippen LogP contribution in [0.2, 0.25) is 51.9 Å². The molecule has 0 amide bonds. The van der Waals surface area contributed by atoms with E-state index >= 15 is 0 Å². The first-order chi connectivity index (χ1) is 11.2.